The molecule has 0 aliphatic heterocycles. The van der Waals surface area contributed by atoms with Gasteiger partial charge >= 0.3 is 0 Å². The molecule has 0 spiro atoms. The van der Waals surface area contributed by atoms with Gasteiger partial charge in [0.05, 0.1) is 27.4 Å². The Morgan fingerprint density at radius 2 is 1.58 bits per heavy atom. The number of rotatable bonds is 7. The Labute approximate surface area is 154 Å². The molecule has 2 aromatic rings. The van der Waals surface area contributed by atoms with Crippen LogP contribution in [0.3, 0.4) is 0 Å². The molecule has 2 aromatic carbocycles. The van der Waals surface area contributed by atoms with Gasteiger partial charge in [-0.1, -0.05) is 30.3 Å². The Morgan fingerprint density at radius 1 is 1.00 bits per heavy atom. The van der Waals surface area contributed by atoms with Crippen molar-refractivity contribution in [1.29, 1.82) is 0 Å². The minimum Gasteiger partial charge on any atom is -0.493 e. The lowest BCUT2D eigenvalue weighted by molar-refractivity contribution is -0.126. The number of carbonyl (C=O) groups is 1. The average molecular weight is 355 g/mol. The molecule has 1 amide bonds. The van der Waals surface area contributed by atoms with E-state index in [-0.39, 0.29) is 11.9 Å². The zero-order valence-electron chi connectivity index (χ0n) is 15.9. The Hall–Kier alpha value is -2.95. The molecule has 0 heterocycles. The fourth-order valence-electron chi connectivity index (χ4n) is 2.63. The smallest absolute Gasteiger partial charge is 0.246 e. The third kappa shape index (κ3) is 4.36. The van der Waals surface area contributed by atoms with E-state index >= 15 is 0 Å². The minimum absolute atomic E-state index is 0.0201. The molecule has 0 aliphatic carbocycles. The zero-order chi connectivity index (χ0) is 19.1. The van der Waals surface area contributed by atoms with Gasteiger partial charge in [0.15, 0.2) is 11.5 Å². The van der Waals surface area contributed by atoms with Gasteiger partial charge in [-0.05, 0) is 36.3 Å². The summed E-state index contributed by atoms with van der Waals surface area (Å²) in [5, 5.41) is 0. The van der Waals surface area contributed by atoms with Gasteiger partial charge in [0.25, 0.3) is 0 Å². The molecule has 0 aromatic heterocycles. The molecule has 0 aliphatic rings. The number of likely N-dealkylation sites (N-methyl/N-ethyl adjacent to an activating group) is 1. The summed E-state index contributed by atoms with van der Waals surface area (Å²) in [6.45, 7) is 2.00. The van der Waals surface area contributed by atoms with Crippen molar-refractivity contribution in [2.24, 2.45) is 0 Å². The maximum atomic E-state index is 12.5. The average Bonchev–Trinajstić information content (AvgIpc) is 2.70. The number of ether oxygens (including phenoxy) is 3. The van der Waals surface area contributed by atoms with Crippen LogP contribution in [0.4, 0.5) is 0 Å². The van der Waals surface area contributed by atoms with E-state index in [1.807, 2.05) is 37.3 Å². The summed E-state index contributed by atoms with van der Waals surface area (Å²) in [5.41, 5.74) is 1.87. The molecule has 5 heteroatoms. The third-order valence-corrected chi connectivity index (χ3v) is 4.32. The van der Waals surface area contributed by atoms with Gasteiger partial charge < -0.3 is 19.1 Å². The number of amides is 1. The van der Waals surface area contributed by atoms with Crippen LogP contribution in [0, 0.1) is 0 Å². The largest absolute Gasteiger partial charge is 0.493 e. The molecule has 26 heavy (non-hydrogen) atoms. The zero-order valence-corrected chi connectivity index (χ0v) is 15.9. The minimum atomic E-state index is -0.0879. The molecule has 0 bridgehead atoms. The molecule has 1 atom stereocenters. The molecular formula is C21H25NO4. The predicted molar refractivity (Wildman–Crippen MR) is 103 cm³/mol. The van der Waals surface area contributed by atoms with Gasteiger partial charge in [-0.3, -0.25) is 4.79 Å². The third-order valence-electron chi connectivity index (χ3n) is 4.32. The topological polar surface area (TPSA) is 48.0 Å². The second-order valence-corrected chi connectivity index (χ2v) is 5.83. The Bertz CT molecular complexity index is 746. The van der Waals surface area contributed by atoms with Crippen LogP contribution in [-0.4, -0.2) is 39.2 Å². The first-order valence-corrected chi connectivity index (χ1v) is 8.31. The molecule has 0 fully saturated rings. The maximum absolute atomic E-state index is 12.5. The molecular weight excluding hydrogens is 330 g/mol. The standard InChI is InChI=1S/C21H25NO4/c1-15(17-9-7-6-8-10-17)22(2)20(23)12-11-16-13-18(24-3)21(26-5)19(14-16)25-4/h6-15H,1-5H3/b12-11+. The van der Waals surface area contributed by atoms with Crippen LogP contribution in [0.25, 0.3) is 6.08 Å². The summed E-state index contributed by atoms with van der Waals surface area (Å²) < 4.78 is 16.0. The number of hydrogen-bond acceptors (Lipinski definition) is 4. The molecule has 5 nitrogen and oxygen atoms in total. The molecule has 138 valence electrons. The lowest BCUT2D eigenvalue weighted by Crippen LogP contribution is -2.27. The summed E-state index contributed by atoms with van der Waals surface area (Å²) >= 11 is 0. The van der Waals surface area contributed by atoms with Crippen molar-refractivity contribution in [3.05, 3.63) is 59.7 Å². The normalized spacial score (nSPS) is 11.9. The lowest BCUT2D eigenvalue weighted by atomic mass is 10.1. The Balaban J connectivity index is 2.19. The van der Waals surface area contributed by atoms with Crippen LogP contribution in [0.15, 0.2) is 48.5 Å². The van der Waals surface area contributed by atoms with E-state index < -0.39 is 0 Å². The van der Waals surface area contributed by atoms with E-state index in [2.05, 4.69) is 0 Å². The summed E-state index contributed by atoms with van der Waals surface area (Å²) in [6.07, 6.45) is 3.28. The van der Waals surface area contributed by atoms with E-state index in [0.717, 1.165) is 11.1 Å². The SMILES string of the molecule is COc1cc(/C=C/C(=O)N(C)C(C)c2ccccc2)cc(OC)c1OC. The summed E-state index contributed by atoms with van der Waals surface area (Å²) in [5.74, 6) is 1.53. The van der Waals surface area contributed by atoms with Gasteiger partial charge in [0.1, 0.15) is 0 Å². The van der Waals surface area contributed by atoms with Gasteiger partial charge in [0, 0.05) is 13.1 Å². The van der Waals surface area contributed by atoms with Crippen molar-refractivity contribution in [2.45, 2.75) is 13.0 Å². The van der Waals surface area contributed by atoms with Gasteiger partial charge in [-0.2, -0.15) is 0 Å². The fourth-order valence-corrected chi connectivity index (χ4v) is 2.63. The monoisotopic (exact) mass is 355 g/mol. The molecule has 1 unspecified atom stereocenters. The number of hydrogen-bond donors (Lipinski definition) is 0. The first kappa shape index (κ1) is 19.4. The quantitative estimate of drug-likeness (QED) is 0.706. The van der Waals surface area contributed by atoms with E-state index in [1.54, 1.807) is 57.6 Å². The highest BCUT2D eigenvalue weighted by molar-refractivity contribution is 5.92. The summed E-state index contributed by atoms with van der Waals surface area (Å²) in [7, 11) is 6.47. The van der Waals surface area contributed by atoms with Crippen molar-refractivity contribution < 1.29 is 19.0 Å². The van der Waals surface area contributed by atoms with Crippen molar-refractivity contribution in [3.8, 4) is 17.2 Å². The highest BCUT2D eigenvalue weighted by Gasteiger charge is 2.16. The Kier molecular flexibility index (Phi) is 6.67. The van der Waals surface area contributed by atoms with E-state index in [0.29, 0.717) is 17.2 Å². The van der Waals surface area contributed by atoms with Crippen molar-refractivity contribution in [2.75, 3.05) is 28.4 Å². The fraction of sp³-hybridized carbons (Fsp3) is 0.286. The van der Waals surface area contributed by atoms with E-state index in [9.17, 15) is 4.79 Å². The maximum Gasteiger partial charge on any atom is 0.246 e. The molecule has 2 rings (SSSR count). The van der Waals surface area contributed by atoms with E-state index in [1.165, 1.54) is 0 Å². The Morgan fingerprint density at radius 3 is 2.08 bits per heavy atom. The molecule has 0 saturated heterocycles. The van der Waals surface area contributed by atoms with Crippen molar-refractivity contribution in [1.82, 2.24) is 4.90 Å². The van der Waals surface area contributed by atoms with Gasteiger partial charge in [0.2, 0.25) is 11.7 Å². The van der Waals surface area contributed by atoms with Gasteiger partial charge in [-0.25, -0.2) is 0 Å². The van der Waals surface area contributed by atoms with Crippen LogP contribution in [0.5, 0.6) is 17.2 Å². The van der Waals surface area contributed by atoms with Crippen molar-refractivity contribution >= 4 is 12.0 Å². The number of benzene rings is 2. The highest BCUT2D eigenvalue weighted by Crippen LogP contribution is 2.38. The van der Waals surface area contributed by atoms with Gasteiger partial charge in [-0.15, -0.1) is 0 Å². The highest BCUT2D eigenvalue weighted by atomic mass is 16.5. The summed E-state index contributed by atoms with van der Waals surface area (Å²) in [6, 6.07) is 13.5. The molecule has 0 saturated carbocycles. The van der Waals surface area contributed by atoms with Crippen LogP contribution in [0.1, 0.15) is 24.1 Å². The summed E-state index contributed by atoms with van der Waals surface area (Å²) in [4.78, 5) is 14.2. The lowest BCUT2D eigenvalue weighted by Gasteiger charge is -2.24. The number of carbonyl (C=O) groups excluding carboxylic acids is 1. The van der Waals surface area contributed by atoms with Crippen LogP contribution < -0.4 is 14.2 Å². The first-order valence-electron chi connectivity index (χ1n) is 8.31. The first-order chi connectivity index (χ1) is 12.5. The molecule has 0 N–H and O–H groups in total. The van der Waals surface area contributed by atoms with E-state index in [4.69, 9.17) is 14.2 Å². The number of nitrogens with zero attached hydrogens (tertiary/aromatic N) is 1. The van der Waals surface area contributed by atoms with Crippen molar-refractivity contribution in [3.63, 3.8) is 0 Å². The molecule has 0 radical (unpaired) electrons. The predicted octanol–water partition coefficient (Wildman–Crippen LogP) is 3.95. The second-order valence-electron chi connectivity index (χ2n) is 5.83. The van der Waals surface area contributed by atoms with Crippen LogP contribution >= 0.6 is 0 Å². The van der Waals surface area contributed by atoms with Crippen LogP contribution in [-0.2, 0) is 4.79 Å². The number of methoxy groups -OCH3 is 3. The van der Waals surface area contributed by atoms with Crippen LogP contribution in [0.2, 0.25) is 0 Å². The second kappa shape index (κ2) is 8.94.